The molecule has 3 aromatic rings. The van der Waals surface area contributed by atoms with E-state index < -0.39 is 11.7 Å². The molecule has 0 spiro atoms. The van der Waals surface area contributed by atoms with E-state index in [2.05, 4.69) is 14.8 Å². The van der Waals surface area contributed by atoms with Gasteiger partial charge in [0.15, 0.2) is 0 Å². The van der Waals surface area contributed by atoms with Gasteiger partial charge in [-0.1, -0.05) is 23.2 Å². The molecule has 2 aromatic heterocycles. The average Bonchev–Trinajstić information content (AvgIpc) is 2.80. The second-order valence-corrected chi connectivity index (χ2v) is 5.15. The van der Waals surface area contributed by atoms with Crippen LogP contribution in [0.5, 0.6) is 5.88 Å². The maximum absolute atomic E-state index is 12.1. The highest BCUT2D eigenvalue weighted by atomic mass is 35.5. The predicted molar refractivity (Wildman–Crippen MR) is 79.9 cm³/mol. The quantitative estimate of drug-likeness (QED) is 0.699. The van der Waals surface area contributed by atoms with Gasteiger partial charge in [-0.25, -0.2) is 9.31 Å². The third-order valence-corrected chi connectivity index (χ3v) is 3.41. The van der Waals surface area contributed by atoms with Crippen molar-refractivity contribution < 1.29 is 14.6 Å². The van der Waals surface area contributed by atoms with Gasteiger partial charge in [0.05, 0.1) is 16.9 Å². The molecule has 0 aliphatic carbocycles. The van der Waals surface area contributed by atoms with Gasteiger partial charge in [0.2, 0.25) is 5.88 Å². The maximum atomic E-state index is 12.1. The lowest BCUT2D eigenvalue weighted by Gasteiger charge is -2.05. The van der Waals surface area contributed by atoms with Crippen LogP contribution in [0.25, 0.3) is 16.8 Å². The highest BCUT2D eigenvalue weighted by molar-refractivity contribution is 6.36. The Kier molecular flexibility index (Phi) is 3.51. The van der Waals surface area contributed by atoms with Gasteiger partial charge in [-0.3, -0.25) is 4.79 Å². The molecular formula is C13H7Cl2N3O4. The molecule has 2 heterocycles. The first-order chi connectivity index (χ1) is 10.4. The molecule has 0 amide bonds. The Hall–Kier alpha value is -2.51. The number of carboxylic acid groups (broad SMARTS) is 1. The fraction of sp³-hybridized carbons (Fsp3) is 0. The van der Waals surface area contributed by atoms with E-state index >= 15 is 0 Å². The number of H-pyrrole nitrogens is 1. The van der Waals surface area contributed by atoms with E-state index in [0.717, 1.165) is 0 Å². The molecule has 0 bridgehead atoms. The van der Waals surface area contributed by atoms with Crippen molar-refractivity contribution in [2.24, 2.45) is 0 Å². The first-order valence-corrected chi connectivity index (χ1v) is 6.68. The van der Waals surface area contributed by atoms with Crippen molar-refractivity contribution in [2.75, 3.05) is 0 Å². The molecule has 0 aliphatic heterocycles. The van der Waals surface area contributed by atoms with Crippen LogP contribution in [0.3, 0.4) is 0 Å². The smallest absolute Gasteiger partial charge is 0.449 e. The van der Waals surface area contributed by atoms with Crippen LogP contribution in [-0.2, 0) is 0 Å². The Labute approximate surface area is 132 Å². The van der Waals surface area contributed by atoms with Crippen molar-refractivity contribution in [3.8, 4) is 17.1 Å². The molecular weight excluding hydrogens is 333 g/mol. The highest BCUT2D eigenvalue weighted by Gasteiger charge is 2.12. The van der Waals surface area contributed by atoms with Crippen LogP contribution < -0.4 is 10.3 Å². The van der Waals surface area contributed by atoms with Crippen LogP contribution in [0.2, 0.25) is 10.0 Å². The minimum atomic E-state index is -1.51. The summed E-state index contributed by atoms with van der Waals surface area (Å²) in [4.78, 5) is 25.2. The van der Waals surface area contributed by atoms with Crippen LogP contribution in [0.15, 0.2) is 35.3 Å². The van der Waals surface area contributed by atoms with Gasteiger partial charge in [-0.2, -0.15) is 0 Å². The normalized spacial score (nSPS) is 10.8. The Morgan fingerprint density at radius 3 is 2.77 bits per heavy atom. The van der Waals surface area contributed by atoms with Crippen molar-refractivity contribution in [1.82, 2.24) is 14.6 Å². The van der Waals surface area contributed by atoms with Gasteiger partial charge in [0.1, 0.15) is 5.52 Å². The SMILES string of the molecule is O=C(O)Oc1cc2c(=O)[nH]c(-c3ccc(Cl)cc3Cl)cn2n1. The number of benzene rings is 1. The Morgan fingerprint density at radius 1 is 1.32 bits per heavy atom. The number of hydrogen-bond acceptors (Lipinski definition) is 4. The highest BCUT2D eigenvalue weighted by Crippen LogP contribution is 2.28. The topological polar surface area (TPSA) is 96.7 Å². The van der Waals surface area contributed by atoms with Crippen molar-refractivity contribution in [3.63, 3.8) is 0 Å². The van der Waals surface area contributed by atoms with E-state index in [1.165, 1.54) is 16.8 Å². The van der Waals surface area contributed by atoms with E-state index in [0.29, 0.717) is 21.3 Å². The van der Waals surface area contributed by atoms with Gasteiger partial charge in [-0.15, -0.1) is 5.10 Å². The van der Waals surface area contributed by atoms with E-state index in [4.69, 9.17) is 28.3 Å². The van der Waals surface area contributed by atoms with Crippen LogP contribution in [0.4, 0.5) is 4.79 Å². The summed E-state index contributed by atoms with van der Waals surface area (Å²) in [5.74, 6) is -0.197. The summed E-state index contributed by atoms with van der Waals surface area (Å²) in [5, 5.41) is 13.3. The number of nitrogens with zero attached hydrogens (tertiary/aromatic N) is 2. The number of fused-ring (bicyclic) bond motifs is 1. The van der Waals surface area contributed by atoms with E-state index in [1.807, 2.05) is 0 Å². The summed E-state index contributed by atoms with van der Waals surface area (Å²) in [6, 6.07) is 6.05. The standard InChI is InChI=1S/C13H7Cl2N3O4/c14-6-1-2-7(8(15)3-6)9-5-18-10(12(19)16-9)4-11(17-18)22-13(20)21/h1-5H,(H,16,19)(H,20,21). The molecule has 2 N–H and O–H groups in total. The fourth-order valence-corrected chi connectivity index (χ4v) is 2.48. The Morgan fingerprint density at radius 2 is 2.09 bits per heavy atom. The molecule has 0 radical (unpaired) electrons. The minimum absolute atomic E-state index is 0.144. The third kappa shape index (κ3) is 2.63. The molecule has 0 saturated heterocycles. The molecule has 0 saturated carbocycles. The average molecular weight is 340 g/mol. The first kappa shape index (κ1) is 14.4. The zero-order valence-electron chi connectivity index (χ0n) is 10.7. The van der Waals surface area contributed by atoms with Crippen LogP contribution in [0.1, 0.15) is 0 Å². The molecule has 112 valence electrons. The van der Waals surface area contributed by atoms with Gasteiger partial charge in [0.25, 0.3) is 5.56 Å². The number of halogens is 2. The molecule has 0 unspecified atom stereocenters. The monoisotopic (exact) mass is 339 g/mol. The van der Waals surface area contributed by atoms with Crippen molar-refractivity contribution >= 4 is 34.9 Å². The minimum Gasteiger partial charge on any atom is -0.449 e. The largest absolute Gasteiger partial charge is 0.512 e. The summed E-state index contributed by atoms with van der Waals surface area (Å²) in [6.07, 6.45) is -0.0126. The van der Waals surface area contributed by atoms with E-state index in [9.17, 15) is 9.59 Å². The van der Waals surface area contributed by atoms with Crippen molar-refractivity contribution in [2.45, 2.75) is 0 Å². The first-order valence-electron chi connectivity index (χ1n) is 5.93. The maximum Gasteiger partial charge on any atom is 0.512 e. The number of ether oxygens (including phenoxy) is 1. The van der Waals surface area contributed by atoms with Crippen LogP contribution >= 0.6 is 23.2 Å². The van der Waals surface area contributed by atoms with Gasteiger partial charge in [-0.05, 0) is 18.2 Å². The molecule has 3 rings (SSSR count). The number of nitrogens with one attached hydrogen (secondary N) is 1. The second-order valence-electron chi connectivity index (χ2n) is 4.30. The van der Waals surface area contributed by atoms with E-state index in [1.54, 1.807) is 18.2 Å². The van der Waals surface area contributed by atoms with Crippen molar-refractivity contribution in [1.29, 1.82) is 0 Å². The van der Waals surface area contributed by atoms with Crippen molar-refractivity contribution in [3.05, 3.63) is 50.9 Å². The number of hydrogen-bond donors (Lipinski definition) is 2. The molecule has 9 heteroatoms. The van der Waals surface area contributed by atoms with Gasteiger partial charge < -0.3 is 14.8 Å². The Bertz CT molecular complexity index is 948. The molecule has 0 aliphatic rings. The molecule has 7 nitrogen and oxygen atoms in total. The lowest BCUT2D eigenvalue weighted by molar-refractivity contribution is 0.142. The van der Waals surface area contributed by atoms with Gasteiger partial charge >= 0.3 is 6.16 Å². The summed E-state index contributed by atoms with van der Waals surface area (Å²) in [7, 11) is 0. The van der Waals surface area contributed by atoms with E-state index in [-0.39, 0.29) is 11.4 Å². The zero-order chi connectivity index (χ0) is 15.9. The Balaban J connectivity index is 2.16. The van der Waals surface area contributed by atoms with Crippen LogP contribution in [-0.4, -0.2) is 25.9 Å². The number of aromatic nitrogens is 3. The molecule has 0 fully saturated rings. The summed E-state index contributed by atoms with van der Waals surface area (Å²) in [6.45, 7) is 0. The fourth-order valence-electron chi connectivity index (χ4n) is 1.97. The zero-order valence-corrected chi connectivity index (χ0v) is 12.2. The summed E-state index contributed by atoms with van der Waals surface area (Å²) < 4.78 is 5.65. The summed E-state index contributed by atoms with van der Waals surface area (Å²) >= 11 is 11.9. The second kappa shape index (κ2) is 5.36. The molecule has 0 atom stereocenters. The predicted octanol–water partition coefficient (Wildman–Crippen LogP) is 3.05. The number of rotatable bonds is 2. The molecule has 22 heavy (non-hydrogen) atoms. The summed E-state index contributed by atoms with van der Waals surface area (Å²) in [5.41, 5.74) is 0.645. The molecule has 1 aromatic carbocycles. The number of aromatic amines is 1. The lowest BCUT2D eigenvalue weighted by atomic mass is 10.1. The van der Waals surface area contributed by atoms with Crippen LogP contribution in [0, 0.1) is 0 Å². The third-order valence-electron chi connectivity index (χ3n) is 2.86. The van der Waals surface area contributed by atoms with Gasteiger partial charge in [0, 0.05) is 16.7 Å². The number of carbonyl (C=O) groups is 1. The lowest BCUT2D eigenvalue weighted by Crippen LogP contribution is -2.10.